The number of methoxy groups -OCH3 is 1. The van der Waals surface area contributed by atoms with Gasteiger partial charge in [0.15, 0.2) is 0 Å². The first-order chi connectivity index (χ1) is 8.65. The first-order valence-corrected chi connectivity index (χ1v) is 7.35. The van der Waals surface area contributed by atoms with Gasteiger partial charge < -0.3 is 9.47 Å². The SMILES string of the molecule is CCCCCC[C@H]1CC(=O)C[C@@H](C[C@@H](C)OC)O1. The predicted octanol–water partition coefficient (Wildman–Crippen LogP) is 3.50. The first kappa shape index (κ1) is 15.6. The molecular formula is C15H28O3. The molecule has 0 saturated carbocycles. The Labute approximate surface area is 111 Å². The standard InChI is InChI=1S/C15H28O3/c1-4-5-6-7-8-14-10-13(16)11-15(18-14)9-12(2)17-3/h12,14-15H,4-11H2,1-3H3/t12-,14+,15-/m1/s1. The summed E-state index contributed by atoms with van der Waals surface area (Å²) >= 11 is 0. The zero-order valence-electron chi connectivity index (χ0n) is 12.1. The van der Waals surface area contributed by atoms with Crippen LogP contribution in [0.15, 0.2) is 0 Å². The highest BCUT2D eigenvalue weighted by Crippen LogP contribution is 2.24. The molecule has 1 aliphatic rings. The molecule has 3 nitrogen and oxygen atoms in total. The molecule has 0 aromatic heterocycles. The molecule has 18 heavy (non-hydrogen) atoms. The van der Waals surface area contributed by atoms with Gasteiger partial charge in [0, 0.05) is 20.0 Å². The third-order valence-electron chi connectivity index (χ3n) is 3.67. The molecule has 0 amide bonds. The van der Waals surface area contributed by atoms with Gasteiger partial charge in [-0.25, -0.2) is 0 Å². The van der Waals surface area contributed by atoms with Crippen molar-refractivity contribution in [1.29, 1.82) is 0 Å². The van der Waals surface area contributed by atoms with Crippen molar-refractivity contribution >= 4 is 5.78 Å². The van der Waals surface area contributed by atoms with Crippen LogP contribution in [0.4, 0.5) is 0 Å². The summed E-state index contributed by atoms with van der Waals surface area (Å²) in [6, 6.07) is 0. The number of ketones is 1. The summed E-state index contributed by atoms with van der Waals surface area (Å²) in [6.07, 6.45) is 8.39. The Morgan fingerprint density at radius 2 is 2.00 bits per heavy atom. The summed E-state index contributed by atoms with van der Waals surface area (Å²) < 4.78 is 11.3. The highest BCUT2D eigenvalue weighted by molar-refractivity contribution is 5.80. The number of rotatable bonds is 8. The quantitative estimate of drug-likeness (QED) is 0.624. The van der Waals surface area contributed by atoms with E-state index in [0.717, 1.165) is 12.8 Å². The molecule has 1 saturated heterocycles. The summed E-state index contributed by atoms with van der Waals surface area (Å²) in [5.74, 6) is 0.357. The maximum absolute atomic E-state index is 11.7. The largest absolute Gasteiger partial charge is 0.382 e. The molecule has 1 heterocycles. The van der Waals surface area contributed by atoms with Gasteiger partial charge in [0.1, 0.15) is 5.78 Å². The summed E-state index contributed by atoms with van der Waals surface area (Å²) in [5.41, 5.74) is 0. The van der Waals surface area contributed by atoms with Crippen molar-refractivity contribution in [3.63, 3.8) is 0 Å². The van der Waals surface area contributed by atoms with Gasteiger partial charge in [0.05, 0.1) is 18.3 Å². The Kier molecular flexibility index (Phi) is 7.52. The van der Waals surface area contributed by atoms with Crippen LogP contribution in [-0.2, 0) is 14.3 Å². The average Bonchev–Trinajstić information content (AvgIpc) is 2.34. The molecule has 0 aliphatic carbocycles. The second-order valence-corrected chi connectivity index (χ2v) is 5.46. The monoisotopic (exact) mass is 256 g/mol. The molecule has 1 aliphatic heterocycles. The summed E-state index contributed by atoms with van der Waals surface area (Å²) in [7, 11) is 1.71. The van der Waals surface area contributed by atoms with E-state index in [1.54, 1.807) is 7.11 Å². The molecule has 3 heteroatoms. The lowest BCUT2D eigenvalue weighted by Gasteiger charge is -2.30. The van der Waals surface area contributed by atoms with Crippen LogP contribution in [0.3, 0.4) is 0 Å². The van der Waals surface area contributed by atoms with Crippen molar-refractivity contribution in [2.45, 2.75) is 83.5 Å². The van der Waals surface area contributed by atoms with Crippen molar-refractivity contribution in [1.82, 2.24) is 0 Å². The minimum Gasteiger partial charge on any atom is -0.382 e. The Morgan fingerprint density at radius 3 is 2.67 bits per heavy atom. The summed E-state index contributed by atoms with van der Waals surface area (Å²) in [4.78, 5) is 11.7. The van der Waals surface area contributed by atoms with Crippen molar-refractivity contribution in [2.24, 2.45) is 0 Å². The third-order valence-corrected chi connectivity index (χ3v) is 3.67. The number of Topliss-reactive ketones (excluding diaryl/α,β-unsaturated/α-hetero) is 1. The van der Waals surface area contributed by atoms with E-state index in [-0.39, 0.29) is 18.3 Å². The molecule has 3 atom stereocenters. The molecule has 0 unspecified atom stereocenters. The van der Waals surface area contributed by atoms with Crippen LogP contribution < -0.4 is 0 Å². The molecule has 0 aromatic carbocycles. The Balaban J connectivity index is 2.29. The van der Waals surface area contributed by atoms with Gasteiger partial charge in [-0.3, -0.25) is 4.79 Å². The van der Waals surface area contributed by atoms with Gasteiger partial charge in [-0.2, -0.15) is 0 Å². The number of hydrogen-bond acceptors (Lipinski definition) is 3. The van der Waals surface area contributed by atoms with E-state index in [1.807, 2.05) is 6.92 Å². The van der Waals surface area contributed by atoms with Crippen LogP contribution in [0, 0.1) is 0 Å². The maximum atomic E-state index is 11.7. The van der Waals surface area contributed by atoms with Crippen molar-refractivity contribution < 1.29 is 14.3 Å². The zero-order valence-corrected chi connectivity index (χ0v) is 12.1. The van der Waals surface area contributed by atoms with Gasteiger partial charge >= 0.3 is 0 Å². The molecule has 0 N–H and O–H groups in total. The second-order valence-electron chi connectivity index (χ2n) is 5.46. The van der Waals surface area contributed by atoms with Crippen molar-refractivity contribution in [3.8, 4) is 0 Å². The predicted molar refractivity (Wildman–Crippen MR) is 72.7 cm³/mol. The van der Waals surface area contributed by atoms with Crippen LogP contribution >= 0.6 is 0 Å². The van der Waals surface area contributed by atoms with E-state index < -0.39 is 0 Å². The highest BCUT2D eigenvalue weighted by atomic mass is 16.5. The topological polar surface area (TPSA) is 35.5 Å². The van der Waals surface area contributed by atoms with E-state index in [4.69, 9.17) is 9.47 Å². The Hall–Kier alpha value is -0.410. The first-order valence-electron chi connectivity index (χ1n) is 7.35. The van der Waals surface area contributed by atoms with Crippen LogP contribution in [-0.4, -0.2) is 31.2 Å². The lowest BCUT2D eigenvalue weighted by molar-refractivity contribution is -0.138. The normalized spacial score (nSPS) is 26.3. The van der Waals surface area contributed by atoms with Crippen molar-refractivity contribution in [3.05, 3.63) is 0 Å². The fraction of sp³-hybridized carbons (Fsp3) is 0.933. The second kappa shape index (κ2) is 8.65. The van der Waals surface area contributed by atoms with Crippen LogP contribution in [0.5, 0.6) is 0 Å². The van der Waals surface area contributed by atoms with Gasteiger partial charge in [-0.15, -0.1) is 0 Å². The molecule has 106 valence electrons. The lowest BCUT2D eigenvalue weighted by Crippen LogP contribution is -2.35. The Bertz CT molecular complexity index is 240. The summed E-state index contributed by atoms with van der Waals surface area (Å²) in [5, 5.41) is 0. The van der Waals surface area contributed by atoms with Crippen LogP contribution in [0.1, 0.15) is 65.2 Å². The third kappa shape index (κ3) is 5.96. The maximum Gasteiger partial charge on any atom is 0.138 e. The van der Waals surface area contributed by atoms with Gasteiger partial charge in [0.2, 0.25) is 0 Å². The number of carbonyl (C=O) groups excluding carboxylic acids is 1. The fourth-order valence-corrected chi connectivity index (χ4v) is 2.53. The molecule has 0 spiro atoms. The number of carbonyl (C=O) groups is 1. The van der Waals surface area contributed by atoms with E-state index in [0.29, 0.717) is 18.6 Å². The van der Waals surface area contributed by atoms with E-state index in [2.05, 4.69) is 6.92 Å². The minimum absolute atomic E-state index is 0.0670. The highest BCUT2D eigenvalue weighted by Gasteiger charge is 2.28. The van der Waals surface area contributed by atoms with Gasteiger partial charge in [-0.05, 0) is 19.8 Å². The minimum atomic E-state index is 0.0670. The number of ether oxygens (including phenoxy) is 2. The Morgan fingerprint density at radius 1 is 1.28 bits per heavy atom. The van der Waals surface area contributed by atoms with Gasteiger partial charge in [0.25, 0.3) is 0 Å². The molecule has 1 rings (SSSR count). The lowest BCUT2D eigenvalue weighted by atomic mass is 9.96. The molecular weight excluding hydrogens is 228 g/mol. The van der Waals surface area contributed by atoms with Crippen molar-refractivity contribution in [2.75, 3.05) is 7.11 Å². The molecule has 0 bridgehead atoms. The smallest absolute Gasteiger partial charge is 0.138 e. The van der Waals surface area contributed by atoms with E-state index in [1.165, 1.54) is 25.7 Å². The molecule has 0 aromatic rings. The van der Waals surface area contributed by atoms with E-state index in [9.17, 15) is 4.79 Å². The number of hydrogen-bond donors (Lipinski definition) is 0. The van der Waals surface area contributed by atoms with Gasteiger partial charge in [-0.1, -0.05) is 32.6 Å². The fourth-order valence-electron chi connectivity index (χ4n) is 2.53. The van der Waals surface area contributed by atoms with Crippen LogP contribution in [0.2, 0.25) is 0 Å². The average molecular weight is 256 g/mol. The number of unbranched alkanes of at least 4 members (excludes halogenated alkanes) is 3. The van der Waals surface area contributed by atoms with Crippen LogP contribution in [0.25, 0.3) is 0 Å². The summed E-state index contributed by atoms with van der Waals surface area (Å²) in [6.45, 7) is 4.24. The molecule has 0 radical (unpaired) electrons. The molecule has 1 fully saturated rings. The van der Waals surface area contributed by atoms with E-state index >= 15 is 0 Å². The zero-order chi connectivity index (χ0) is 13.4.